The van der Waals surface area contributed by atoms with Crippen molar-refractivity contribution in [2.24, 2.45) is 0 Å². The third kappa shape index (κ3) is 3.48. The summed E-state index contributed by atoms with van der Waals surface area (Å²) >= 11 is 0. The number of aromatic nitrogens is 1. The van der Waals surface area contributed by atoms with Crippen LogP contribution in [-0.2, 0) is 12.0 Å². The van der Waals surface area contributed by atoms with E-state index in [1.54, 1.807) is 12.1 Å². The van der Waals surface area contributed by atoms with Crippen LogP contribution < -0.4 is 5.56 Å². The van der Waals surface area contributed by atoms with Gasteiger partial charge in [0.1, 0.15) is 11.5 Å². The Morgan fingerprint density at radius 1 is 0.824 bits per heavy atom. The van der Waals surface area contributed by atoms with Crippen LogP contribution in [0.15, 0.2) is 88.3 Å². The van der Waals surface area contributed by atoms with Crippen LogP contribution >= 0.6 is 0 Å². The van der Waals surface area contributed by atoms with Crippen molar-refractivity contribution in [3.63, 3.8) is 0 Å². The van der Waals surface area contributed by atoms with Gasteiger partial charge in [-0.05, 0) is 34.7 Å². The molecule has 2 amide bonds. The van der Waals surface area contributed by atoms with Crippen LogP contribution in [0.3, 0.4) is 0 Å². The monoisotopic (exact) mass is 452 g/mol. The highest BCUT2D eigenvalue weighted by Crippen LogP contribution is 2.36. The van der Waals surface area contributed by atoms with Gasteiger partial charge in [-0.15, -0.1) is 0 Å². The van der Waals surface area contributed by atoms with Gasteiger partial charge in [-0.2, -0.15) is 0 Å². The van der Waals surface area contributed by atoms with Gasteiger partial charge in [0.2, 0.25) is 0 Å². The number of hydrogen-bond acceptors (Lipinski definition) is 4. The van der Waals surface area contributed by atoms with E-state index in [1.165, 1.54) is 21.8 Å². The summed E-state index contributed by atoms with van der Waals surface area (Å²) in [4.78, 5) is 42.1. The highest BCUT2D eigenvalue weighted by atomic mass is 16.3. The lowest BCUT2D eigenvalue weighted by Gasteiger charge is -2.24. The predicted octanol–water partition coefficient (Wildman–Crippen LogP) is 5.19. The number of fused-ring (bicyclic) bond motifs is 1. The maximum atomic E-state index is 13.8. The number of benzene rings is 2. The number of hydrogen-bond donors (Lipinski definition) is 0. The molecule has 4 aromatic rings. The van der Waals surface area contributed by atoms with E-state index in [0.717, 1.165) is 11.1 Å². The molecule has 0 atom stereocenters. The summed E-state index contributed by atoms with van der Waals surface area (Å²) in [6.45, 7) is 6.24. The molecule has 0 N–H and O–H groups in total. The molecule has 34 heavy (non-hydrogen) atoms. The van der Waals surface area contributed by atoms with Crippen LogP contribution in [0.25, 0.3) is 17.0 Å². The second-order valence-corrected chi connectivity index (χ2v) is 9.38. The maximum absolute atomic E-state index is 13.8. The quantitative estimate of drug-likeness (QED) is 0.400. The highest BCUT2D eigenvalue weighted by molar-refractivity contribution is 6.23. The maximum Gasteiger partial charge on any atom is 0.279 e. The van der Waals surface area contributed by atoms with Gasteiger partial charge in [-0.25, -0.2) is 0 Å². The molecule has 0 spiro atoms. The zero-order chi connectivity index (χ0) is 24.0. The van der Waals surface area contributed by atoms with Crippen molar-refractivity contribution in [1.29, 1.82) is 0 Å². The number of para-hydroxylation sites is 1. The van der Waals surface area contributed by atoms with Crippen LogP contribution in [0, 0.1) is 0 Å². The van der Waals surface area contributed by atoms with Gasteiger partial charge in [0.15, 0.2) is 0 Å². The summed E-state index contributed by atoms with van der Waals surface area (Å²) in [6.07, 6.45) is 1.48. The van der Waals surface area contributed by atoms with Gasteiger partial charge in [0.05, 0.1) is 24.1 Å². The molecule has 0 unspecified atom stereocenters. The topological polar surface area (TPSA) is 72.5 Å². The number of carbonyl (C=O) groups excluding carboxylic acids is 2. The van der Waals surface area contributed by atoms with Gasteiger partial charge >= 0.3 is 0 Å². The molecular weight excluding hydrogens is 428 g/mol. The number of imide groups is 1. The van der Waals surface area contributed by atoms with Crippen molar-refractivity contribution >= 4 is 11.8 Å². The Morgan fingerprint density at radius 3 is 2.21 bits per heavy atom. The summed E-state index contributed by atoms with van der Waals surface area (Å²) in [5.41, 5.74) is 2.18. The van der Waals surface area contributed by atoms with Crippen LogP contribution in [0.4, 0.5) is 0 Å². The van der Waals surface area contributed by atoms with E-state index in [4.69, 9.17) is 4.42 Å². The number of amides is 2. The summed E-state index contributed by atoms with van der Waals surface area (Å²) in [5, 5.41) is 0. The Bertz CT molecular complexity index is 1460. The first-order valence-electron chi connectivity index (χ1n) is 11.1. The fourth-order valence-electron chi connectivity index (χ4n) is 4.46. The van der Waals surface area contributed by atoms with Crippen molar-refractivity contribution in [2.45, 2.75) is 32.7 Å². The molecule has 0 fully saturated rings. The second kappa shape index (κ2) is 7.99. The van der Waals surface area contributed by atoms with E-state index in [-0.39, 0.29) is 23.2 Å². The molecule has 6 nitrogen and oxygen atoms in total. The number of furan rings is 1. The third-order valence-corrected chi connectivity index (χ3v) is 6.05. The Balaban J connectivity index is 1.78. The molecule has 5 rings (SSSR count). The van der Waals surface area contributed by atoms with Crippen LogP contribution in [0.2, 0.25) is 0 Å². The highest BCUT2D eigenvalue weighted by Gasteiger charge is 2.42. The lowest BCUT2D eigenvalue weighted by molar-refractivity contribution is 0.0639. The van der Waals surface area contributed by atoms with E-state index < -0.39 is 17.4 Å². The van der Waals surface area contributed by atoms with Crippen LogP contribution in [0.1, 0.15) is 52.7 Å². The van der Waals surface area contributed by atoms with Crippen molar-refractivity contribution in [2.75, 3.05) is 0 Å². The molecule has 2 aromatic carbocycles. The molecule has 0 radical (unpaired) electrons. The van der Waals surface area contributed by atoms with Crippen molar-refractivity contribution in [3.05, 3.63) is 112 Å². The standard InChI is InChI=1S/C28H24N2O4/c1-28(2,3)20-12-7-8-13-21(20)30-23(31)16-19(22-14-9-15-34-22)24-25(30)27(33)29(26(24)32)17-18-10-5-4-6-11-18/h4-16H,17H2,1-3H3. The molecule has 0 bridgehead atoms. The summed E-state index contributed by atoms with van der Waals surface area (Å²) in [7, 11) is 0. The number of pyridine rings is 1. The van der Waals surface area contributed by atoms with Gasteiger partial charge < -0.3 is 4.42 Å². The predicted molar refractivity (Wildman–Crippen MR) is 129 cm³/mol. The Hall–Kier alpha value is -4.19. The Labute approximate surface area is 197 Å². The van der Waals surface area contributed by atoms with Gasteiger partial charge in [-0.3, -0.25) is 23.9 Å². The molecule has 1 aliphatic rings. The zero-order valence-electron chi connectivity index (χ0n) is 19.2. The summed E-state index contributed by atoms with van der Waals surface area (Å²) in [6, 6.07) is 21.5. The lowest BCUT2D eigenvalue weighted by Crippen LogP contribution is -2.31. The van der Waals surface area contributed by atoms with Crippen molar-refractivity contribution < 1.29 is 14.0 Å². The molecule has 0 aliphatic carbocycles. The normalized spacial score (nSPS) is 13.4. The molecule has 2 aromatic heterocycles. The molecular formula is C28H24N2O4. The first-order valence-corrected chi connectivity index (χ1v) is 11.1. The Morgan fingerprint density at radius 2 is 1.53 bits per heavy atom. The number of carbonyl (C=O) groups is 2. The van der Waals surface area contributed by atoms with Crippen molar-refractivity contribution in [1.82, 2.24) is 9.47 Å². The first kappa shape index (κ1) is 21.6. The second-order valence-electron chi connectivity index (χ2n) is 9.38. The lowest BCUT2D eigenvalue weighted by atomic mass is 9.85. The van der Waals surface area contributed by atoms with E-state index in [1.807, 2.05) is 75.4 Å². The summed E-state index contributed by atoms with van der Waals surface area (Å²) < 4.78 is 6.91. The fraction of sp³-hybridized carbons (Fsp3) is 0.179. The largest absolute Gasteiger partial charge is 0.464 e. The van der Waals surface area contributed by atoms with Gasteiger partial charge in [0, 0.05) is 11.6 Å². The third-order valence-electron chi connectivity index (χ3n) is 6.05. The smallest absolute Gasteiger partial charge is 0.279 e. The fourth-order valence-corrected chi connectivity index (χ4v) is 4.46. The minimum atomic E-state index is -0.502. The van der Waals surface area contributed by atoms with Gasteiger partial charge in [-0.1, -0.05) is 69.3 Å². The molecule has 0 saturated heterocycles. The minimum Gasteiger partial charge on any atom is -0.464 e. The molecule has 6 heteroatoms. The zero-order valence-corrected chi connectivity index (χ0v) is 19.2. The van der Waals surface area contributed by atoms with Crippen LogP contribution in [0.5, 0.6) is 0 Å². The van der Waals surface area contributed by atoms with E-state index in [2.05, 4.69) is 0 Å². The van der Waals surface area contributed by atoms with E-state index in [0.29, 0.717) is 17.0 Å². The molecule has 1 aliphatic heterocycles. The van der Waals surface area contributed by atoms with Gasteiger partial charge in [0.25, 0.3) is 17.4 Å². The van der Waals surface area contributed by atoms with E-state index >= 15 is 0 Å². The SMILES string of the molecule is CC(C)(C)c1ccccc1-n1c2c(c(-c3ccco3)cc1=O)C(=O)N(Cc1ccccc1)C2=O. The van der Waals surface area contributed by atoms with Crippen molar-refractivity contribution in [3.8, 4) is 17.0 Å². The van der Waals surface area contributed by atoms with E-state index in [9.17, 15) is 14.4 Å². The molecule has 3 heterocycles. The number of nitrogens with zero attached hydrogens (tertiary/aromatic N) is 2. The molecule has 0 saturated carbocycles. The average Bonchev–Trinajstić information content (AvgIpc) is 3.43. The Kier molecular flexibility index (Phi) is 5.09. The van der Waals surface area contributed by atoms with Crippen LogP contribution in [-0.4, -0.2) is 21.3 Å². The average molecular weight is 453 g/mol. The number of rotatable bonds is 4. The summed E-state index contributed by atoms with van der Waals surface area (Å²) in [5.74, 6) is -0.581. The first-order chi connectivity index (χ1) is 16.3. The minimum absolute atomic E-state index is 0.0662. The molecule has 170 valence electrons.